The monoisotopic (exact) mass is 377 g/mol. The van der Waals surface area contributed by atoms with Crippen LogP contribution in [0.2, 0.25) is 0 Å². The first kappa shape index (κ1) is 19.7. The summed E-state index contributed by atoms with van der Waals surface area (Å²) in [6, 6.07) is 3.87. The molecule has 2 saturated heterocycles. The van der Waals surface area contributed by atoms with Crippen molar-refractivity contribution >= 4 is 11.8 Å². The summed E-state index contributed by atoms with van der Waals surface area (Å²) in [6.45, 7) is 2.21. The topological polar surface area (TPSA) is 81.2 Å². The number of nitrogens with zero attached hydrogens (tertiary/aromatic N) is 3. The normalized spacial score (nSPS) is 23.4. The molecule has 2 fully saturated rings. The molecule has 8 heteroatoms. The molecule has 27 heavy (non-hydrogen) atoms. The van der Waals surface area contributed by atoms with Gasteiger partial charge in [0.05, 0.1) is 19.3 Å². The highest BCUT2D eigenvalue weighted by atomic mass is 16.5. The Morgan fingerprint density at radius 3 is 2.52 bits per heavy atom. The van der Waals surface area contributed by atoms with E-state index in [-0.39, 0.29) is 30.5 Å². The number of rotatable bonds is 8. The molecule has 2 aliphatic rings. The van der Waals surface area contributed by atoms with Crippen LogP contribution in [0.15, 0.2) is 24.5 Å². The van der Waals surface area contributed by atoms with Crippen LogP contribution in [-0.4, -0.2) is 85.9 Å². The van der Waals surface area contributed by atoms with E-state index in [2.05, 4.69) is 4.98 Å². The van der Waals surface area contributed by atoms with Crippen LogP contribution < -0.4 is 0 Å². The van der Waals surface area contributed by atoms with E-state index < -0.39 is 6.10 Å². The molecule has 2 aliphatic heterocycles. The van der Waals surface area contributed by atoms with Gasteiger partial charge in [-0.15, -0.1) is 0 Å². The molecule has 3 rings (SSSR count). The molecular weight excluding hydrogens is 350 g/mol. The molecule has 2 atom stereocenters. The number of carbonyl (C=O) groups is 2. The zero-order valence-electron chi connectivity index (χ0n) is 15.9. The lowest BCUT2D eigenvalue weighted by molar-refractivity contribution is -0.179. The summed E-state index contributed by atoms with van der Waals surface area (Å²) in [7, 11) is 3.17. The van der Waals surface area contributed by atoms with Gasteiger partial charge in [0.2, 0.25) is 5.91 Å². The Hall–Kier alpha value is -2.03. The van der Waals surface area contributed by atoms with Gasteiger partial charge in [-0.25, -0.2) is 0 Å². The molecule has 8 nitrogen and oxygen atoms in total. The Kier molecular flexibility index (Phi) is 6.76. The number of likely N-dealkylation sites (tertiary alicyclic amines) is 2. The van der Waals surface area contributed by atoms with Crippen LogP contribution in [0, 0.1) is 0 Å². The number of piperidine rings is 1. The quantitative estimate of drug-likeness (QED) is 0.488. The number of aromatic nitrogens is 1. The number of β-lactam (4-membered cyclic amide) rings is 1. The van der Waals surface area contributed by atoms with Crippen molar-refractivity contribution in [1.82, 2.24) is 14.8 Å². The number of amides is 2. The smallest absolute Gasteiger partial charge is 0.255 e. The van der Waals surface area contributed by atoms with Gasteiger partial charge in [0.25, 0.3) is 5.91 Å². The first-order valence-electron chi connectivity index (χ1n) is 9.26. The lowest BCUT2D eigenvalue weighted by atomic mass is 9.86. The minimum absolute atomic E-state index is 0.0139. The first-order chi connectivity index (χ1) is 13.2. The molecule has 0 bridgehead atoms. The second kappa shape index (κ2) is 9.25. The van der Waals surface area contributed by atoms with E-state index in [1.807, 2.05) is 21.9 Å². The van der Waals surface area contributed by atoms with Crippen LogP contribution in [0.4, 0.5) is 0 Å². The molecule has 0 spiro atoms. The summed E-state index contributed by atoms with van der Waals surface area (Å²) in [5.74, 6) is 0.00642. The number of pyridine rings is 1. The maximum atomic E-state index is 12.6. The summed E-state index contributed by atoms with van der Waals surface area (Å²) >= 11 is 0. The van der Waals surface area contributed by atoms with Crippen LogP contribution >= 0.6 is 0 Å². The van der Waals surface area contributed by atoms with Crippen molar-refractivity contribution in [3.63, 3.8) is 0 Å². The molecule has 0 unspecified atom stereocenters. The van der Waals surface area contributed by atoms with Crippen LogP contribution in [0.1, 0.15) is 24.4 Å². The zero-order chi connectivity index (χ0) is 19.2. The molecule has 0 aliphatic carbocycles. The van der Waals surface area contributed by atoms with Gasteiger partial charge in [-0.05, 0) is 30.5 Å². The Morgan fingerprint density at radius 2 is 1.89 bits per heavy atom. The number of hydrogen-bond acceptors (Lipinski definition) is 6. The van der Waals surface area contributed by atoms with E-state index in [4.69, 9.17) is 14.2 Å². The minimum atomic E-state index is -0.443. The molecule has 0 N–H and O–H groups in total. The number of ether oxygens (including phenoxy) is 3. The molecule has 1 aromatic heterocycles. The predicted molar refractivity (Wildman–Crippen MR) is 96.9 cm³/mol. The Balaban J connectivity index is 1.55. The molecule has 3 heterocycles. The summed E-state index contributed by atoms with van der Waals surface area (Å²) in [5, 5.41) is 0. The van der Waals surface area contributed by atoms with Gasteiger partial charge in [-0.2, -0.15) is 0 Å². The number of carbonyl (C=O) groups excluding carboxylic acids is 2. The van der Waals surface area contributed by atoms with Crippen LogP contribution in [0.5, 0.6) is 0 Å². The maximum Gasteiger partial charge on any atom is 0.255 e. The van der Waals surface area contributed by atoms with E-state index in [9.17, 15) is 9.59 Å². The SMILES string of the molecule is COCCOCC(=O)N1CCC(N2C(=O)[C@H](OC)[C@@H]2c2ccncc2)CC1. The third kappa shape index (κ3) is 4.28. The van der Waals surface area contributed by atoms with Gasteiger partial charge in [-0.3, -0.25) is 14.6 Å². The molecular formula is C19H27N3O5. The fraction of sp³-hybridized carbons (Fsp3) is 0.632. The number of methoxy groups -OCH3 is 2. The Morgan fingerprint density at radius 1 is 1.19 bits per heavy atom. The predicted octanol–water partition coefficient (Wildman–Crippen LogP) is 0.634. The second-order valence-corrected chi connectivity index (χ2v) is 6.78. The summed E-state index contributed by atoms with van der Waals surface area (Å²) < 4.78 is 15.6. The Labute approximate surface area is 159 Å². The van der Waals surface area contributed by atoms with Gasteiger partial charge < -0.3 is 24.0 Å². The average molecular weight is 377 g/mol. The number of hydrogen-bond donors (Lipinski definition) is 0. The zero-order valence-corrected chi connectivity index (χ0v) is 15.9. The van der Waals surface area contributed by atoms with E-state index in [1.165, 1.54) is 0 Å². The van der Waals surface area contributed by atoms with Crippen LogP contribution in [0.3, 0.4) is 0 Å². The van der Waals surface area contributed by atoms with Crippen molar-refractivity contribution in [3.05, 3.63) is 30.1 Å². The standard InChI is InChI=1S/C19H27N3O5/c1-25-11-12-27-13-16(23)21-9-5-15(6-10-21)22-17(18(26-2)19(22)24)14-3-7-20-8-4-14/h3-4,7-8,15,17-18H,5-6,9-13H2,1-2H3/t17-,18+/m0/s1. The molecule has 148 valence electrons. The highest BCUT2D eigenvalue weighted by molar-refractivity contribution is 5.89. The van der Waals surface area contributed by atoms with Gasteiger partial charge >= 0.3 is 0 Å². The third-order valence-electron chi connectivity index (χ3n) is 5.25. The van der Waals surface area contributed by atoms with Crippen LogP contribution in [0.25, 0.3) is 0 Å². The maximum absolute atomic E-state index is 12.6. The minimum Gasteiger partial charge on any atom is -0.382 e. The lowest BCUT2D eigenvalue weighted by Gasteiger charge is -2.52. The van der Waals surface area contributed by atoms with E-state index >= 15 is 0 Å². The molecule has 0 radical (unpaired) electrons. The van der Waals surface area contributed by atoms with Gasteiger partial charge in [-0.1, -0.05) is 0 Å². The van der Waals surface area contributed by atoms with Crippen molar-refractivity contribution in [3.8, 4) is 0 Å². The molecule has 1 aromatic rings. The molecule has 2 amide bonds. The van der Waals surface area contributed by atoms with Crippen molar-refractivity contribution in [2.24, 2.45) is 0 Å². The second-order valence-electron chi connectivity index (χ2n) is 6.78. The summed E-state index contributed by atoms with van der Waals surface area (Å²) in [6.07, 6.45) is 4.53. The summed E-state index contributed by atoms with van der Waals surface area (Å²) in [5.41, 5.74) is 1.03. The van der Waals surface area contributed by atoms with E-state index in [0.29, 0.717) is 26.3 Å². The third-order valence-corrected chi connectivity index (χ3v) is 5.25. The fourth-order valence-corrected chi connectivity index (χ4v) is 3.80. The van der Waals surface area contributed by atoms with Gasteiger partial charge in [0.15, 0.2) is 6.10 Å². The van der Waals surface area contributed by atoms with Crippen molar-refractivity contribution < 1.29 is 23.8 Å². The highest BCUT2D eigenvalue weighted by Crippen LogP contribution is 2.40. The van der Waals surface area contributed by atoms with Gasteiger partial charge in [0, 0.05) is 45.7 Å². The Bertz CT molecular complexity index is 633. The fourth-order valence-electron chi connectivity index (χ4n) is 3.80. The summed E-state index contributed by atoms with van der Waals surface area (Å²) in [4.78, 5) is 32.6. The highest BCUT2D eigenvalue weighted by Gasteiger charge is 2.51. The average Bonchev–Trinajstić information content (AvgIpc) is 2.70. The van der Waals surface area contributed by atoms with Crippen molar-refractivity contribution in [1.29, 1.82) is 0 Å². The molecule has 0 aromatic carbocycles. The first-order valence-corrected chi connectivity index (χ1v) is 9.26. The van der Waals surface area contributed by atoms with Gasteiger partial charge in [0.1, 0.15) is 6.61 Å². The van der Waals surface area contributed by atoms with Crippen molar-refractivity contribution in [2.75, 3.05) is 47.1 Å². The van der Waals surface area contributed by atoms with Crippen LogP contribution in [-0.2, 0) is 23.8 Å². The molecule has 0 saturated carbocycles. The van der Waals surface area contributed by atoms with Crippen molar-refractivity contribution in [2.45, 2.75) is 31.0 Å². The largest absolute Gasteiger partial charge is 0.382 e. The lowest BCUT2D eigenvalue weighted by Crippen LogP contribution is -2.64. The van der Waals surface area contributed by atoms with E-state index in [1.54, 1.807) is 26.6 Å². The van der Waals surface area contributed by atoms with E-state index in [0.717, 1.165) is 18.4 Å².